The Morgan fingerprint density at radius 1 is 1.16 bits per heavy atom. The fourth-order valence-electron chi connectivity index (χ4n) is 4.45. The van der Waals surface area contributed by atoms with Crippen molar-refractivity contribution < 1.29 is 9.53 Å². The van der Waals surface area contributed by atoms with E-state index >= 15 is 0 Å². The van der Waals surface area contributed by atoms with Gasteiger partial charge in [-0.05, 0) is 82.7 Å². The summed E-state index contributed by atoms with van der Waals surface area (Å²) in [5, 5.41) is 4.37. The zero-order chi connectivity index (χ0) is 22.7. The molecule has 0 saturated heterocycles. The van der Waals surface area contributed by atoms with Gasteiger partial charge in [-0.2, -0.15) is 0 Å². The number of benzene rings is 1. The van der Waals surface area contributed by atoms with Gasteiger partial charge in [0.25, 0.3) is 0 Å². The number of ether oxygens (including phenoxy) is 1. The molecule has 7 heteroatoms. The molecule has 1 aliphatic carbocycles. The molecule has 0 amide bonds. The number of nitrogens with one attached hydrogen (secondary N) is 1. The molecule has 2 heterocycles. The van der Waals surface area contributed by atoms with Crippen LogP contribution in [-0.4, -0.2) is 35.1 Å². The Morgan fingerprint density at radius 2 is 1.91 bits per heavy atom. The molecule has 1 saturated carbocycles. The van der Waals surface area contributed by atoms with Crippen LogP contribution in [0.3, 0.4) is 0 Å². The van der Waals surface area contributed by atoms with E-state index in [0.29, 0.717) is 4.88 Å². The molecule has 0 unspecified atom stereocenters. The van der Waals surface area contributed by atoms with Gasteiger partial charge in [0.2, 0.25) is 0 Å². The van der Waals surface area contributed by atoms with E-state index in [-0.39, 0.29) is 12.1 Å². The summed E-state index contributed by atoms with van der Waals surface area (Å²) in [7, 11) is 0. The standard InChI is InChI=1S/C25H32N4O2S/c1-5-29(6-2)18-12-13-20(16(3)14-18)28-23-21-17(4)22(32-24(21)27-15-26-23)25(30)31-19-10-8-7-9-11-19/h12-15,19H,5-11H2,1-4H3,(H,26,27,28). The van der Waals surface area contributed by atoms with Crippen molar-refractivity contribution in [3.8, 4) is 0 Å². The molecule has 1 N–H and O–H groups in total. The van der Waals surface area contributed by atoms with E-state index in [2.05, 4.69) is 59.2 Å². The summed E-state index contributed by atoms with van der Waals surface area (Å²) in [6.07, 6.45) is 7.02. The molecular formula is C25H32N4O2S. The predicted octanol–water partition coefficient (Wildman–Crippen LogP) is 6.39. The van der Waals surface area contributed by atoms with Crippen LogP contribution in [0, 0.1) is 13.8 Å². The van der Waals surface area contributed by atoms with Crippen LogP contribution in [0.4, 0.5) is 17.2 Å². The highest BCUT2D eigenvalue weighted by Crippen LogP contribution is 2.36. The molecule has 0 atom stereocenters. The zero-order valence-electron chi connectivity index (χ0n) is 19.4. The molecule has 0 spiro atoms. The number of carbonyl (C=O) groups excluding carboxylic acids is 1. The lowest BCUT2D eigenvalue weighted by Gasteiger charge is -2.22. The molecule has 1 aromatic carbocycles. The number of rotatable bonds is 7. The third-order valence-electron chi connectivity index (χ3n) is 6.33. The SMILES string of the molecule is CCN(CC)c1ccc(Nc2ncnc3sc(C(=O)OC4CCCCC4)c(C)c23)c(C)c1. The first kappa shape index (κ1) is 22.5. The molecule has 0 radical (unpaired) electrons. The van der Waals surface area contributed by atoms with Crippen molar-refractivity contribution in [1.82, 2.24) is 9.97 Å². The number of hydrogen-bond acceptors (Lipinski definition) is 7. The Balaban J connectivity index is 1.61. The highest BCUT2D eigenvalue weighted by Gasteiger charge is 2.24. The molecule has 1 aliphatic rings. The lowest BCUT2D eigenvalue weighted by Crippen LogP contribution is -2.21. The normalized spacial score (nSPS) is 14.5. The molecule has 4 rings (SSSR count). The van der Waals surface area contributed by atoms with E-state index < -0.39 is 0 Å². The Hall–Kier alpha value is -2.67. The summed E-state index contributed by atoms with van der Waals surface area (Å²) in [4.78, 5) is 25.6. The quantitative estimate of drug-likeness (QED) is 0.419. The highest BCUT2D eigenvalue weighted by molar-refractivity contribution is 7.20. The maximum absolute atomic E-state index is 12.9. The minimum Gasteiger partial charge on any atom is -0.458 e. The average Bonchev–Trinajstić information content (AvgIpc) is 3.14. The van der Waals surface area contributed by atoms with Crippen LogP contribution in [-0.2, 0) is 4.74 Å². The second-order valence-electron chi connectivity index (χ2n) is 8.42. The largest absolute Gasteiger partial charge is 0.458 e. The fourth-order valence-corrected chi connectivity index (χ4v) is 5.48. The van der Waals surface area contributed by atoms with Crippen LogP contribution in [0.5, 0.6) is 0 Å². The minimum absolute atomic E-state index is 0.0384. The Morgan fingerprint density at radius 3 is 2.59 bits per heavy atom. The fraction of sp³-hybridized carbons (Fsp3) is 0.480. The van der Waals surface area contributed by atoms with Crippen LogP contribution in [0.2, 0.25) is 0 Å². The van der Waals surface area contributed by atoms with E-state index in [4.69, 9.17) is 4.74 Å². The summed E-state index contributed by atoms with van der Waals surface area (Å²) in [6.45, 7) is 10.3. The van der Waals surface area contributed by atoms with Crippen molar-refractivity contribution in [2.75, 3.05) is 23.3 Å². The Kier molecular flexibility index (Phi) is 6.94. The second-order valence-corrected chi connectivity index (χ2v) is 9.42. The number of esters is 1. The van der Waals surface area contributed by atoms with Crippen molar-refractivity contribution in [2.45, 2.75) is 65.9 Å². The molecule has 3 aromatic rings. The molecule has 0 aliphatic heterocycles. The number of anilines is 3. The van der Waals surface area contributed by atoms with Crippen LogP contribution in [0.1, 0.15) is 66.8 Å². The molecule has 170 valence electrons. The highest BCUT2D eigenvalue weighted by atomic mass is 32.1. The lowest BCUT2D eigenvalue weighted by molar-refractivity contribution is 0.0216. The van der Waals surface area contributed by atoms with Gasteiger partial charge in [0.15, 0.2) is 0 Å². The number of carbonyl (C=O) groups is 1. The number of nitrogens with zero attached hydrogens (tertiary/aromatic N) is 3. The first-order valence-corrected chi connectivity index (χ1v) is 12.4. The van der Waals surface area contributed by atoms with Gasteiger partial charge in [-0.15, -0.1) is 11.3 Å². The number of hydrogen-bond donors (Lipinski definition) is 1. The summed E-state index contributed by atoms with van der Waals surface area (Å²) < 4.78 is 5.82. The van der Waals surface area contributed by atoms with Gasteiger partial charge in [-0.1, -0.05) is 6.42 Å². The van der Waals surface area contributed by atoms with E-state index in [0.717, 1.165) is 71.6 Å². The van der Waals surface area contributed by atoms with E-state index in [1.165, 1.54) is 23.4 Å². The monoisotopic (exact) mass is 452 g/mol. The van der Waals surface area contributed by atoms with E-state index in [1.807, 2.05) is 6.92 Å². The number of thiophene rings is 1. The third kappa shape index (κ3) is 4.58. The Labute approximate surface area is 194 Å². The van der Waals surface area contributed by atoms with Crippen LogP contribution in [0.15, 0.2) is 24.5 Å². The van der Waals surface area contributed by atoms with Crippen LogP contribution in [0.25, 0.3) is 10.2 Å². The van der Waals surface area contributed by atoms with Gasteiger partial charge in [-0.25, -0.2) is 14.8 Å². The average molecular weight is 453 g/mol. The van der Waals surface area contributed by atoms with Gasteiger partial charge in [0.1, 0.15) is 28.0 Å². The lowest BCUT2D eigenvalue weighted by atomic mass is 9.98. The number of aromatic nitrogens is 2. The predicted molar refractivity (Wildman–Crippen MR) is 132 cm³/mol. The van der Waals surface area contributed by atoms with Gasteiger partial charge in [-0.3, -0.25) is 0 Å². The Bertz CT molecular complexity index is 1100. The van der Waals surface area contributed by atoms with Crippen LogP contribution < -0.4 is 10.2 Å². The number of aryl methyl sites for hydroxylation is 2. The van der Waals surface area contributed by atoms with Crippen molar-refractivity contribution in [1.29, 1.82) is 0 Å². The second kappa shape index (κ2) is 9.86. The molecule has 2 aromatic heterocycles. The first-order valence-electron chi connectivity index (χ1n) is 11.6. The third-order valence-corrected chi connectivity index (χ3v) is 7.51. The molecule has 6 nitrogen and oxygen atoms in total. The first-order chi connectivity index (χ1) is 15.5. The minimum atomic E-state index is -0.233. The topological polar surface area (TPSA) is 67.3 Å². The summed E-state index contributed by atoms with van der Waals surface area (Å²) in [5.74, 6) is 0.488. The molecule has 1 fully saturated rings. The van der Waals surface area contributed by atoms with E-state index in [9.17, 15) is 4.79 Å². The summed E-state index contributed by atoms with van der Waals surface area (Å²) >= 11 is 1.39. The molecule has 0 bridgehead atoms. The van der Waals surface area contributed by atoms with Gasteiger partial charge >= 0.3 is 5.97 Å². The van der Waals surface area contributed by atoms with Gasteiger partial charge < -0.3 is 15.0 Å². The smallest absolute Gasteiger partial charge is 0.348 e. The van der Waals surface area contributed by atoms with Crippen molar-refractivity contribution >= 4 is 44.7 Å². The number of fused-ring (bicyclic) bond motifs is 1. The van der Waals surface area contributed by atoms with Crippen LogP contribution >= 0.6 is 11.3 Å². The van der Waals surface area contributed by atoms with Gasteiger partial charge in [0, 0.05) is 24.5 Å². The zero-order valence-corrected chi connectivity index (χ0v) is 20.2. The van der Waals surface area contributed by atoms with E-state index in [1.54, 1.807) is 6.33 Å². The summed E-state index contributed by atoms with van der Waals surface area (Å²) in [5.41, 5.74) is 4.24. The molecule has 32 heavy (non-hydrogen) atoms. The maximum Gasteiger partial charge on any atom is 0.348 e. The van der Waals surface area contributed by atoms with Crippen molar-refractivity contribution in [3.05, 3.63) is 40.5 Å². The molecular weight excluding hydrogens is 420 g/mol. The van der Waals surface area contributed by atoms with Gasteiger partial charge in [0.05, 0.1) is 5.39 Å². The maximum atomic E-state index is 12.9. The van der Waals surface area contributed by atoms with Crippen molar-refractivity contribution in [3.63, 3.8) is 0 Å². The summed E-state index contributed by atoms with van der Waals surface area (Å²) in [6, 6.07) is 6.42. The van der Waals surface area contributed by atoms with Crippen molar-refractivity contribution in [2.24, 2.45) is 0 Å².